The van der Waals surface area contributed by atoms with Crippen LogP contribution in [0.25, 0.3) is 0 Å². The summed E-state index contributed by atoms with van der Waals surface area (Å²) in [6, 6.07) is 0. The van der Waals surface area contributed by atoms with Gasteiger partial charge >= 0.3 is 23.1 Å². The Morgan fingerprint density at radius 2 is 1.83 bits per heavy atom. The van der Waals surface area contributed by atoms with Gasteiger partial charge in [0.1, 0.15) is 0 Å². The van der Waals surface area contributed by atoms with E-state index in [9.17, 15) is 0 Å². The number of hydrogen-bond acceptors (Lipinski definition) is 1. The van der Waals surface area contributed by atoms with Crippen molar-refractivity contribution >= 4 is 46.4 Å². The van der Waals surface area contributed by atoms with Gasteiger partial charge in [0.2, 0.25) is 0 Å². The molecule has 0 aliphatic heterocycles. The monoisotopic (exact) mass is 116 g/mol. The van der Waals surface area contributed by atoms with Crippen molar-refractivity contribution in [2.24, 2.45) is 0 Å². The Hall–Kier alpha value is 0.769. The van der Waals surface area contributed by atoms with E-state index in [2.05, 4.69) is 0 Å². The van der Waals surface area contributed by atoms with Crippen LogP contribution in [0.4, 0.5) is 0 Å². The van der Waals surface area contributed by atoms with Gasteiger partial charge in [0.05, 0.1) is 0 Å². The van der Waals surface area contributed by atoms with E-state index in [4.69, 9.17) is 9.90 Å². The van der Waals surface area contributed by atoms with Gasteiger partial charge in [-0.3, -0.25) is 4.79 Å². The fraction of sp³-hybridized carbons (Fsp3) is 0.500. The number of rotatable bonds is 0. The number of carboxylic acids is 1. The van der Waals surface area contributed by atoms with E-state index in [1.165, 1.54) is 0 Å². The van der Waals surface area contributed by atoms with E-state index in [0.717, 1.165) is 6.92 Å². The summed E-state index contributed by atoms with van der Waals surface area (Å²) in [5.74, 6) is -0.833. The first-order chi connectivity index (χ1) is 1.73. The van der Waals surface area contributed by atoms with Crippen molar-refractivity contribution < 1.29 is 12.8 Å². The van der Waals surface area contributed by atoms with Gasteiger partial charge in [-0.05, 0) is 0 Å². The van der Waals surface area contributed by atoms with Crippen molar-refractivity contribution in [3.8, 4) is 0 Å². The largest absolute Gasteiger partial charge is 2.00 e. The normalized spacial score (nSPS) is 4.17. The van der Waals surface area contributed by atoms with Crippen molar-refractivity contribution in [1.29, 1.82) is 0 Å². The first kappa shape index (κ1) is 15.9. The molecule has 0 atom stereocenters. The third-order valence-corrected chi connectivity index (χ3v) is 0. The Kier molecular flexibility index (Phi) is 24.4. The third-order valence-electron chi connectivity index (χ3n) is 0. The predicted molar refractivity (Wildman–Crippen MR) is 31.2 cm³/mol. The third kappa shape index (κ3) is 115. The van der Waals surface area contributed by atoms with E-state index in [0.29, 0.717) is 0 Å². The average Bonchev–Trinajstić information content (AvgIpc) is 0.811. The molecule has 0 aliphatic carbocycles. The molecule has 0 aliphatic rings. The van der Waals surface area contributed by atoms with Crippen LogP contribution < -0.4 is 0 Å². The molecule has 0 aromatic carbocycles. The Balaban J connectivity index is -0.00000000750. The van der Waals surface area contributed by atoms with E-state index < -0.39 is 5.97 Å². The zero-order valence-electron chi connectivity index (χ0n) is 5.06. The Bertz CT molecular complexity index is 41.0. The first-order valence-corrected chi connectivity index (χ1v) is 0.928. The molecule has 1 N–H and O–H groups in total. The van der Waals surface area contributed by atoms with Gasteiger partial charge in [-0.2, -0.15) is 0 Å². The quantitative estimate of drug-likeness (QED) is 0.402. The maximum atomic E-state index is 9.00. The number of aliphatic carboxylic acids is 1. The van der Waals surface area contributed by atoms with Crippen LogP contribution in [0, 0.1) is 0 Å². The predicted octanol–water partition coefficient (Wildman–Crippen LogP) is -1.25. The minimum absolute atomic E-state index is 0. The van der Waals surface area contributed by atoms with Gasteiger partial charge < -0.3 is 7.96 Å². The van der Waals surface area contributed by atoms with Crippen LogP contribution in [0.15, 0.2) is 0 Å². The molecule has 4 heteroatoms. The average molecular weight is 116 g/mol. The summed E-state index contributed by atoms with van der Waals surface area (Å²) in [7, 11) is 0. The van der Waals surface area contributed by atoms with Gasteiger partial charge in [-0.1, -0.05) is 0 Å². The molecule has 0 aromatic rings. The van der Waals surface area contributed by atoms with Crippen molar-refractivity contribution in [1.82, 2.24) is 0 Å². The molecule has 0 rings (SSSR count). The van der Waals surface area contributed by atoms with Crippen molar-refractivity contribution in [3.05, 3.63) is 0 Å². The van der Waals surface area contributed by atoms with Gasteiger partial charge in [0.25, 0.3) is 5.97 Å². The molecule has 6 heavy (non-hydrogen) atoms. The summed E-state index contributed by atoms with van der Waals surface area (Å²) in [5.41, 5.74) is 0. The van der Waals surface area contributed by atoms with E-state index >= 15 is 0 Å². The van der Waals surface area contributed by atoms with Crippen LogP contribution >= 0.6 is 0 Å². The fourth-order valence-electron chi connectivity index (χ4n) is 0. The molecule has 2 nitrogen and oxygen atoms in total. The molecule has 0 saturated heterocycles. The standard InChI is InChI=1S/C2H4O2.Al.Mg.5H/c1-2(3)4;;;;;;;/h1H3,(H,3,4);;;;;;;/q;;+2;;;;2*-1. The van der Waals surface area contributed by atoms with Gasteiger partial charge in [0.15, 0.2) is 17.4 Å². The maximum absolute atomic E-state index is 9.00. The SMILES string of the molecule is CC(=O)O.[AlH3].[H-].[H-].[Mg+2]. The zero-order chi connectivity index (χ0) is 3.58. The minimum atomic E-state index is -0.833. The van der Waals surface area contributed by atoms with Gasteiger partial charge in [0, 0.05) is 6.92 Å². The van der Waals surface area contributed by atoms with Crippen LogP contribution in [0.3, 0.4) is 0 Å². The summed E-state index contributed by atoms with van der Waals surface area (Å²) in [6.07, 6.45) is 0. The van der Waals surface area contributed by atoms with E-state index in [1.54, 1.807) is 0 Å². The summed E-state index contributed by atoms with van der Waals surface area (Å²) in [6.45, 7) is 1.08. The van der Waals surface area contributed by atoms with Crippen molar-refractivity contribution in [2.45, 2.75) is 6.92 Å². The molecule has 0 aromatic heterocycles. The molecule has 0 unspecified atom stereocenters. The molecule has 0 amide bonds. The molecule has 0 saturated carbocycles. The molecule has 0 spiro atoms. The van der Waals surface area contributed by atoms with Crippen LogP contribution in [-0.4, -0.2) is 51.5 Å². The van der Waals surface area contributed by atoms with Gasteiger partial charge in [-0.15, -0.1) is 0 Å². The van der Waals surface area contributed by atoms with Gasteiger partial charge in [-0.25, -0.2) is 0 Å². The molecule has 0 bridgehead atoms. The zero-order valence-corrected chi connectivity index (χ0v) is 4.48. The summed E-state index contributed by atoms with van der Waals surface area (Å²) in [4.78, 5) is 9.00. The minimum Gasteiger partial charge on any atom is -1.00 e. The summed E-state index contributed by atoms with van der Waals surface area (Å²) < 4.78 is 0. The first-order valence-electron chi connectivity index (χ1n) is 0.928. The smallest absolute Gasteiger partial charge is 1.00 e. The second kappa shape index (κ2) is 9.24. The Morgan fingerprint density at radius 1 is 1.83 bits per heavy atom. The number of carboxylic acid groups (broad SMARTS) is 1. The summed E-state index contributed by atoms with van der Waals surface area (Å²) in [5, 5.41) is 7.42. The number of hydrogen-bond donors (Lipinski definition) is 1. The van der Waals surface area contributed by atoms with E-state index in [-0.39, 0.29) is 43.3 Å². The van der Waals surface area contributed by atoms with Crippen molar-refractivity contribution in [2.75, 3.05) is 0 Å². The van der Waals surface area contributed by atoms with Crippen LogP contribution in [0.5, 0.6) is 0 Å². The Labute approximate surface area is 66.2 Å². The molecular formula is C2H9AlMgO2. The molecule has 0 heterocycles. The Morgan fingerprint density at radius 3 is 1.83 bits per heavy atom. The number of carbonyl (C=O) groups is 1. The molecule has 34 valence electrons. The molecule has 0 fully saturated rings. The van der Waals surface area contributed by atoms with E-state index in [1.807, 2.05) is 0 Å². The summed E-state index contributed by atoms with van der Waals surface area (Å²) >= 11 is 0. The fourth-order valence-corrected chi connectivity index (χ4v) is 0. The topological polar surface area (TPSA) is 37.3 Å². The van der Waals surface area contributed by atoms with Crippen LogP contribution in [-0.2, 0) is 4.79 Å². The second-order valence-corrected chi connectivity index (χ2v) is 0.519. The van der Waals surface area contributed by atoms with Crippen LogP contribution in [0.1, 0.15) is 9.78 Å². The van der Waals surface area contributed by atoms with Crippen LogP contribution in [0.2, 0.25) is 0 Å². The molecular weight excluding hydrogens is 107 g/mol. The van der Waals surface area contributed by atoms with Crippen molar-refractivity contribution in [3.63, 3.8) is 0 Å². The molecule has 0 radical (unpaired) electrons. The second-order valence-electron chi connectivity index (χ2n) is 0.519. The maximum Gasteiger partial charge on any atom is 2.00 e.